The van der Waals surface area contributed by atoms with Crippen molar-refractivity contribution >= 4 is 49.6 Å². The van der Waals surface area contributed by atoms with Crippen molar-refractivity contribution in [3.05, 3.63) is 33.8 Å². The third-order valence-electron chi connectivity index (χ3n) is 1.35. The fourth-order valence-corrected chi connectivity index (χ4v) is 1.53. The minimum atomic E-state index is -0.625. The lowest BCUT2D eigenvalue weighted by atomic mass is 10.1. The molecule has 0 saturated carbocycles. The van der Waals surface area contributed by atoms with Crippen LogP contribution in [-0.4, -0.2) is 10.5 Å². The second-order valence-corrected chi connectivity index (χ2v) is 3.88. The van der Waals surface area contributed by atoms with Gasteiger partial charge in [-0.1, -0.05) is 15.9 Å². The Morgan fingerprint density at radius 3 is 1.69 bits per heavy atom. The van der Waals surface area contributed by atoms with Crippen LogP contribution in [0.25, 0.3) is 0 Å². The first-order valence-electron chi connectivity index (χ1n) is 3.21. The molecule has 0 bridgehead atoms. The molecule has 0 aliphatic rings. The molecule has 13 heavy (non-hydrogen) atoms. The number of carbonyl (C=O) groups excluding carboxylic acids is 2. The molecule has 0 saturated heterocycles. The second-order valence-electron chi connectivity index (χ2n) is 2.28. The van der Waals surface area contributed by atoms with Crippen LogP contribution in [0.5, 0.6) is 0 Å². The Morgan fingerprint density at radius 2 is 1.38 bits per heavy atom. The van der Waals surface area contributed by atoms with Crippen LogP contribution in [0.2, 0.25) is 0 Å². The maximum absolute atomic E-state index is 10.8. The Balaban J connectivity index is 3.26. The van der Waals surface area contributed by atoms with Crippen molar-refractivity contribution in [2.45, 2.75) is 0 Å². The molecule has 0 aromatic heterocycles. The molecule has 0 spiro atoms. The quantitative estimate of drug-likeness (QED) is 0.780. The molecule has 0 heterocycles. The summed E-state index contributed by atoms with van der Waals surface area (Å²) in [5.74, 6) is 0. The molecular weight excluding hydrogens is 279 g/mol. The molecular formula is C8H3BrCl2O2. The van der Waals surface area contributed by atoms with Gasteiger partial charge in [-0.05, 0) is 41.4 Å². The number of hydrogen-bond acceptors (Lipinski definition) is 2. The van der Waals surface area contributed by atoms with Crippen LogP contribution >= 0.6 is 39.1 Å². The third kappa shape index (κ3) is 2.79. The van der Waals surface area contributed by atoms with Gasteiger partial charge in [-0.3, -0.25) is 9.59 Å². The Hall–Kier alpha value is -0.380. The van der Waals surface area contributed by atoms with Crippen LogP contribution in [0.1, 0.15) is 20.7 Å². The largest absolute Gasteiger partial charge is 0.276 e. The normalized spacial score (nSPS) is 9.77. The smallest absolute Gasteiger partial charge is 0.252 e. The molecule has 1 aromatic rings. The predicted octanol–water partition coefficient (Wildman–Crippen LogP) is 3.21. The summed E-state index contributed by atoms with van der Waals surface area (Å²) >= 11 is 13.6. The zero-order chi connectivity index (χ0) is 10.0. The average molecular weight is 282 g/mol. The van der Waals surface area contributed by atoms with Crippen molar-refractivity contribution in [3.63, 3.8) is 0 Å². The van der Waals surface area contributed by atoms with E-state index in [2.05, 4.69) is 15.9 Å². The van der Waals surface area contributed by atoms with Gasteiger partial charge in [0.2, 0.25) is 0 Å². The van der Waals surface area contributed by atoms with E-state index < -0.39 is 10.5 Å². The minimum Gasteiger partial charge on any atom is -0.276 e. The SMILES string of the molecule is O=C(Cl)c1cc(Br)cc(C(=O)Cl)c1. The Labute approximate surface area is 93.0 Å². The summed E-state index contributed by atoms with van der Waals surface area (Å²) in [7, 11) is 0. The first-order valence-corrected chi connectivity index (χ1v) is 4.76. The van der Waals surface area contributed by atoms with Crippen molar-refractivity contribution in [2.75, 3.05) is 0 Å². The van der Waals surface area contributed by atoms with Gasteiger partial charge >= 0.3 is 0 Å². The molecule has 1 rings (SSSR count). The number of halogens is 3. The van der Waals surface area contributed by atoms with Crippen molar-refractivity contribution in [1.29, 1.82) is 0 Å². The van der Waals surface area contributed by atoms with Crippen LogP contribution in [0.15, 0.2) is 22.7 Å². The molecule has 0 aliphatic heterocycles. The monoisotopic (exact) mass is 280 g/mol. The maximum Gasteiger partial charge on any atom is 0.252 e. The van der Waals surface area contributed by atoms with E-state index in [1.165, 1.54) is 18.2 Å². The van der Waals surface area contributed by atoms with Gasteiger partial charge in [-0.15, -0.1) is 0 Å². The molecule has 5 heteroatoms. The first-order chi connectivity index (χ1) is 6.00. The number of carbonyl (C=O) groups is 2. The maximum atomic E-state index is 10.8. The highest BCUT2D eigenvalue weighted by Crippen LogP contribution is 2.18. The summed E-state index contributed by atoms with van der Waals surface area (Å²) in [6.45, 7) is 0. The van der Waals surface area contributed by atoms with E-state index >= 15 is 0 Å². The van der Waals surface area contributed by atoms with Gasteiger partial charge in [0, 0.05) is 15.6 Å². The van der Waals surface area contributed by atoms with Crippen LogP contribution < -0.4 is 0 Å². The molecule has 68 valence electrons. The fraction of sp³-hybridized carbons (Fsp3) is 0. The topological polar surface area (TPSA) is 34.1 Å². The van der Waals surface area contributed by atoms with Crippen molar-refractivity contribution in [3.8, 4) is 0 Å². The summed E-state index contributed by atoms with van der Waals surface area (Å²) in [6.07, 6.45) is 0. The molecule has 0 unspecified atom stereocenters. The molecule has 0 atom stereocenters. The zero-order valence-electron chi connectivity index (χ0n) is 6.18. The molecule has 0 aliphatic carbocycles. The first kappa shape index (κ1) is 10.7. The summed E-state index contributed by atoms with van der Waals surface area (Å²) in [5, 5.41) is -1.25. The van der Waals surface area contributed by atoms with E-state index in [1.807, 2.05) is 0 Å². The number of benzene rings is 1. The highest BCUT2D eigenvalue weighted by atomic mass is 79.9. The average Bonchev–Trinajstić information content (AvgIpc) is 2.03. The van der Waals surface area contributed by atoms with Crippen LogP contribution in [0.3, 0.4) is 0 Å². The zero-order valence-corrected chi connectivity index (χ0v) is 9.28. The Kier molecular flexibility index (Phi) is 3.47. The van der Waals surface area contributed by atoms with Crippen molar-refractivity contribution < 1.29 is 9.59 Å². The predicted molar refractivity (Wildman–Crippen MR) is 54.5 cm³/mol. The summed E-state index contributed by atoms with van der Waals surface area (Å²) in [6, 6.07) is 4.37. The van der Waals surface area contributed by atoms with Crippen LogP contribution in [-0.2, 0) is 0 Å². The van der Waals surface area contributed by atoms with Gasteiger partial charge in [0.15, 0.2) is 0 Å². The number of hydrogen-bond donors (Lipinski definition) is 0. The highest BCUT2D eigenvalue weighted by molar-refractivity contribution is 9.10. The molecule has 0 fully saturated rings. The van der Waals surface area contributed by atoms with Gasteiger partial charge in [0.05, 0.1) is 0 Å². The van der Waals surface area contributed by atoms with E-state index in [9.17, 15) is 9.59 Å². The lowest BCUT2D eigenvalue weighted by molar-refractivity contribution is 0.108. The van der Waals surface area contributed by atoms with Gasteiger partial charge in [0.1, 0.15) is 0 Å². The number of rotatable bonds is 2. The van der Waals surface area contributed by atoms with E-state index in [0.717, 1.165) is 0 Å². The summed E-state index contributed by atoms with van der Waals surface area (Å²) in [4.78, 5) is 21.5. The molecule has 0 N–H and O–H groups in total. The van der Waals surface area contributed by atoms with Gasteiger partial charge in [-0.25, -0.2) is 0 Å². The van der Waals surface area contributed by atoms with E-state index in [-0.39, 0.29) is 11.1 Å². The summed E-state index contributed by atoms with van der Waals surface area (Å²) < 4.78 is 0.586. The molecule has 1 aromatic carbocycles. The lowest BCUT2D eigenvalue weighted by Gasteiger charge is -1.98. The van der Waals surface area contributed by atoms with E-state index in [1.54, 1.807) is 0 Å². The van der Waals surface area contributed by atoms with Gasteiger partial charge in [-0.2, -0.15) is 0 Å². The third-order valence-corrected chi connectivity index (χ3v) is 2.25. The molecule has 0 amide bonds. The minimum absolute atomic E-state index is 0.236. The van der Waals surface area contributed by atoms with Gasteiger partial charge in [0.25, 0.3) is 10.5 Å². The van der Waals surface area contributed by atoms with Gasteiger partial charge < -0.3 is 0 Å². The van der Waals surface area contributed by atoms with E-state index in [4.69, 9.17) is 23.2 Å². The second kappa shape index (κ2) is 4.22. The molecule has 0 radical (unpaired) electrons. The van der Waals surface area contributed by atoms with Crippen molar-refractivity contribution in [1.82, 2.24) is 0 Å². The lowest BCUT2D eigenvalue weighted by Crippen LogP contribution is -1.94. The fourth-order valence-electron chi connectivity index (χ4n) is 0.817. The Bertz CT molecular complexity index is 344. The van der Waals surface area contributed by atoms with E-state index in [0.29, 0.717) is 4.47 Å². The highest BCUT2D eigenvalue weighted by Gasteiger charge is 2.08. The van der Waals surface area contributed by atoms with Crippen molar-refractivity contribution in [2.24, 2.45) is 0 Å². The van der Waals surface area contributed by atoms with Crippen LogP contribution in [0.4, 0.5) is 0 Å². The Morgan fingerprint density at radius 1 is 1.00 bits per heavy atom. The van der Waals surface area contributed by atoms with Crippen LogP contribution in [0, 0.1) is 0 Å². The standard InChI is InChI=1S/C8H3BrCl2O2/c9-6-2-4(7(10)12)1-5(3-6)8(11)13/h1-3H. The molecule has 2 nitrogen and oxygen atoms in total. The summed E-state index contributed by atoms with van der Waals surface area (Å²) in [5.41, 5.74) is 0.472.